The van der Waals surface area contributed by atoms with Gasteiger partial charge < -0.3 is 16.2 Å². The number of hydrogen-bond donors (Lipinski definition) is 3. The SMILES string of the molecule is CNc1ccc(C(N)O)cc1. The summed E-state index contributed by atoms with van der Waals surface area (Å²) < 4.78 is 0. The van der Waals surface area contributed by atoms with Gasteiger partial charge in [0.2, 0.25) is 0 Å². The highest BCUT2D eigenvalue weighted by molar-refractivity contribution is 5.44. The van der Waals surface area contributed by atoms with Crippen LogP contribution in [0.4, 0.5) is 5.69 Å². The molecule has 11 heavy (non-hydrogen) atoms. The molecule has 0 saturated carbocycles. The average Bonchev–Trinajstić information content (AvgIpc) is 2.05. The molecule has 0 radical (unpaired) electrons. The van der Waals surface area contributed by atoms with Gasteiger partial charge in [-0.05, 0) is 17.7 Å². The third kappa shape index (κ3) is 1.93. The largest absolute Gasteiger partial charge is 0.388 e. The minimum Gasteiger partial charge on any atom is -0.388 e. The van der Waals surface area contributed by atoms with Crippen LogP contribution in [-0.2, 0) is 0 Å². The standard InChI is InChI=1S/C8H12N2O/c1-10-7-4-2-6(3-5-7)8(9)11/h2-5,8,10-11H,9H2,1H3. The highest BCUT2D eigenvalue weighted by Gasteiger charge is 1.98. The molecule has 3 nitrogen and oxygen atoms in total. The van der Waals surface area contributed by atoms with E-state index in [2.05, 4.69) is 5.32 Å². The maximum absolute atomic E-state index is 8.94. The Morgan fingerprint density at radius 2 is 1.91 bits per heavy atom. The van der Waals surface area contributed by atoms with E-state index in [1.54, 1.807) is 12.1 Å². The lowest BCUT2D eigenvalue weighted by Crippen LogP contribution is -2.07. The van der Waals surface area contributed by atoms with Crippen LogP contribution in [0.3, 0.4) is 0 Å². The molecule has 0 aliphatic heterocycles. The van der Waals surface area contributed by atoms with Gasteiger partial charge in [0.1, 0.15) is 6.23 Å². The van der Waals surface area contributed by atoms with Crippen LogP contribution in [0.1, 0.15) is 11.8 Å². The minimum atomic E-state index is -0.874. The van der Waals surface area contributed by atoms with Gasteiger partial charge in [-0.25, -0.2) is 0 Å². The number of benzene rings is 1. The van der Waals surface area contributed by atoms with Gasteiger partial charge in [-0.1, -0.05) is 12.1 Å². The molecule has 0 aromatic heterocycles. The van der Waals surface area contributed by atoms with Crippen molar-refractivity contribution < 1.29 is 5.11 Å². The van der Waals surface area contributed by atoms with Crippen LogP contribution in [0.2, 0.25) is 0 Å². The number of rotatable bonds is 2. The number of nitrogens with two attached hydrogens (primary N) is 1. The number of aliphatic hydroxyl groups excluding tert-OH is 1. The molecule has 0 spiro atoms. The van der Waals surface area contributed by atoms with Crippen molar-refractivity contribution in [2.75, 3.05) is 12.4 Å². The third-order valence-electron chi connectivity index (χ3n) is 1.54. The van der Waals surface area contributed by atoms with Gasteiger partial charge in [0.25, 0.3) is 0 Å². The van der Waals surface area contributed by atoms with Crippen molar-refractivity contribution in [1.29, 1.82) is 0 Å². The summed E-state index contributed by atoms with van der Waals surface area (Å²) in [7, 11) is 1.84. The number of aliphatic hydroxyl groups is 1. The summed E-state index contributed by atoms with van der Waals surface area (Å²) in [6, 6.07) is 7.31. The first-order chi connectivity index (χ1) is 5.24. The summed E-state index contributed by atoms with van der Waals surface area (Å²) in [6.45, 7) is 0. The molecule has 1 unspecified atom stereocenters. The van der Waals surface area contributed by atoms with Gasteiger partial charge in [0, 0.05) is 12.7 Å². The molecule has 1 aromatic rings. The number of anilines is 1. The zero-order chi connectivity index (χ0) is 8.27. The normalized spacial score (nSPS) is 12.6. The fourth-order valence-corrected chi connectivity index (χ4v) is 0.847. The van der Waals surface area contributed by atoms with Crippen LogP contribution in [0.15, 0.2) is 24.3 Å². The first-order valence-corrected chi connectivity index (χ1v) is 3.45. The van der Waals surface area contributed by atoms with Crippen molar-refractivity contribution in [2.24, 2.45) is 5.73 Å². The van der Waals surface area contributed by atoms with Gasteiger partial charge in [0.05, 0.1) is 0 Å². The van der Waals surface area contributed by atoms with Crippen LogP contribution in [0, 0.1) is 0 Å². The van der Waals surface area contributed by atoms with E-state index in [0.717, 1.165) is 11.3 Å². The van der Waals surface area contributed by atoms with Crippen LogP contribution in [0.5, 0.6) is 0 Å². The van der Waals surface area contributed by atoms with Crippen molar-refractivity contribution in [2.45, 2.75) is 6.23 Å². The molecule has 0 amide bonds. The quantitative estimate of drug-likeness (QED) is 0.546. The highest BCUT2D eigenvalue weighted by Crippen LogP contribution is 2.11. The van der Waals surface area contributed by atoms with Crippen LogP contribution in [-0.4, -0.2) is 12.2 Å². The Kier molecular flexibility index (Phi) is 2.46. The summed E-state index contributed by atoms with van der Waals surface area (Å²) in [5.74, 6) is 0. The van der Waals surface area contributed by atoms with Crippen LogP contribution >= 0.6 is 0 Å². The zero-order valence-electron chi connectivity index (χ0n) is 6.41. The molecule has 1 aromatic carbocycles. The minimum absolute atomic E-state index is 0.726. The molecule has 0 bridgehead atoms. The van der Waals surface area contributed by atoms with Crippen molar-refractivity contribution in [3.8, 4) is 0 Å². The zero-order valence-corrected chi connectivity index (χ0v) is 6.41. The van der Waals surface area contributed by atoms with Gasteiger partial charge in [-0.3, -0.25) is 0 Å². The first kappa shape index (κ1) is 8.04. The van der Waals surface area contributed by atoms with Gasteiger partial charge in [0.15, 0.2) is 0 Å². The van der Waals surface area contributed by atoms with Crippen molar-refractivity contribution >= 4 is 5.69 Å². The molecule has 0 saturated heterocycles. The lowest BCUT2D eigenvalue weighted by atomic mass is 10.2. The Bertz CT molecular complexity index is 218. The second-order valence-corrected chi connectivity index (χ2v) is 2.32. The maximum atomic E-state index is 8.94. The molecule has 0 aliphatic rings. The first-order valence-electron chi connectivity index (χ1n) is 3.45. The van der Waals surface area contributed by atoms with E-state index >= 15 is 0 Å². The Balaban J connectivity index is 2.83. The van der Waals surface area contributed by atoms with E-state index in [0.29, 0.717) is 0 Å². The molecule has 0 fully saturated rings. The van der Waals surface area contributed by atoms with Gasteiger partial charge >= 0.3 is 0 Å². The second kappa shape index (κ2) is 3.37. The topological polar surface area (TPSA) is 58.3 Å². The molecular formula is C8H12N2O. The molecule has 60 valence electrons. The number of nitrogens with one attached hydrogen (secondary N) is 1. The van der Waals surface area contributed by atoms with E-state index < -0.39 is 6.23 Å². The summed E-state index contributed by atoms with van der Waals surface area (Å²) in [5.41, 5.74) is 6.98. The summed E-state index contributed by atoms with van der Waals surface area (Å²) in [5, 5.41) is 11.9. The maximum Gasteiger partial charge on any atom is 0.128 e. The molecule has 3 heteroatoms. The van der Waals surface area contributed by atoms with E-state index in [1.165, 1.54) is 0 Å². The van der Waals surface area contributed by atoms with Crippen molar-refractivity contribution in [3.05, 3.63) is 29.8 Å². The predicted octanol–water partition coefficient (Wildman–Crippen LogP) is 0.678. The van der Waals surface area contributed by atoms with Gasteiger partial charge in [-0.15, -0.1) is 0 Å². The molecule has 1 rings (SSSR count). The summed E-state index contributed by atoms with van der Waals surface area (Å²) in [6.07, 6.45) is -0.874. The number of hydrogen-bond acceptors (Lipinski definition) is 3. The second-order valence-electron chi connectivity index (χ2n) is 2.32. The van der Waals surface area contributed by atoms with E-state index in [1.807, 2.05) is 19.2 Å². The Hall–Kier alpha value is -1.06. The van der Waals surface area contributed by atoms with Crippen molar-refractivity contribution in [3.63, 3.8) is 0 Å². The van der Waals surface area contributed by atoms with Gasteiger partial charge in [-0.2, -0.15) is 0 Å². The molecule has 4 N–H and O–H groups in total. The van der Waals surface area contributed by atoms with E-state index in [4.69, 9.17) is 10.8 Å². The highest BCUT2D eigenvalue weighted by atomic mass is 16.3. The van der Waals surface area contributed by atoms with E-state index in [9.17, 15) is 0 Å². The molecule has 0 aliphatic carbocycles. The third-order valence-corrected chi connectivity index (χ3v) is 1.54. The smallest absolute Gasteiger partial charge is 0.128 e. The predicted molar refractivity (Wildman–Crippen MR) is 45.1 cm³/mol. The lowest BCUT2D eigenvalue weighted by molar-refractivity contribution is 0.186. The van der Waals surface area contributed by atoms with Crippen LogP contribution in [0.25, 0.3) is 0 Å². The Labute approximate surface area is 65.8 Å². The van der Waals surface area contributed by atoms with Crippen LogP contribution < -0.4 is 11.1 Å². The fourth-order valence-electron chi connectivity index (χ4n) is 0.847. The summed E-state index contributed by atoms with van der Waals surface area (Å²) in [4.78, 5) is 0. The van der Waals surface area contributed by atoms with E-state index in [-0.39, 0.29) is 0 Å². The summed E-state index contributed by atoms with van der Waals surface area (Å²) >= 11 is 0. The van der Waals surface area contributed by atoms with Crippen molar-refractivity contribution in [1.82, 2.24) is 0 Å². The molecule has 1 atom stereocenters. The monoisotopic (exact) mass is 152 g/mol. The fraction of sp³-hybridized carbons (Fsp3) is 0.250. The average molecular weight is 152 g/mol. The Morgan fingerprint density at radius 3 is 2.27 bits per heavy atom. The molecular weight excluding hydrogens is 140 g/mol. The molecule has 0 heterocycles. The Morgan fingerprint density at radius 1 is 1.36 bits per heavy atom. The lowest BCUT2D eigenvalue weighted by Gasteiger charge is -2.05.